The van der Waals surface area contributed by atoms with Gasteiger partial charge in [-0.2, -0.15) is 0 Å². The van der Waals surface area contributed by atoms with Crippen LogP contribution in [0.3, 0.4) is 0 Å². The van der Waals surface area contributed by atoms with Crippen LogP contribution in [0.15, 0.2) is 12.4 Å². The van der Waals surface area contributed by atoms with E-state index in [9.17, 15) is 0 Å². The molecule has 2 heterocycles. The molecule has 5 heteroatoms. The highest BCUT2D eigenvalue weighted by Gasteiger charge is 2.03. The Morgan fingerprint density at radius 1 is 1.00 bits per heavy atom. The Kier molecular flexibility index (Phi) is 7.16. The second kappa shape index (κ2) is 8.37. The Morgan fingerprint density at radius 3 is 1.85 bits per heavy atom. The Labute approximate surface area is 130 Å². The summed E-state index contributed by atoms with van der Waals surface area (Å²) < 4.78 is 0. The molecule has 2 aromatic rings. The second-order valence-corrected chi connectivity index (χ2v) is 7.27. The van der Waals surface area contributed by atoms with E-state index in [1.165, 1.54) is 14.8 Å². The lowest BCUT2D eigenvalue weighted by Crippen LogP contribution is -2.07. The molecule has 0 saturated heterocycles. The van der Waals surface area contributed by atoms with Gasteiger partial charge in [0.25, 0.3) is 0 Å². The van der Waals surface area contributed by atoms with Crippen molar-refractivity contribution >= 4 is 27.8 Å². The van der Waals surface area contributed by atoms with Crippen LogP contribution in [0.5, 0.6) is 0 Å². The lowest BCUT2D eigenvalue weighted by Gasteiger charge is -2.04. The van der Waals surface area contributed by atoms with Crippen LogP contribution in [-0.2, 0) is 12.8 Å². The summed E-state index contributed by atoms with van der Waals surface area (Å²) in [4.78, 5) is 13.3. The van der Waals surface area contributed by atoms with Crippen LogP contribution >= 0.6 is 22.7 Å². The molecule has 0 amide bonds. The molecule has 0 N–H and O–H groups in total. The summed E-state index contributed by atoms with van der Waals surface area (Å²) in [6.45, 7) is 8.67. The monoisotopic (exact) mass is 311 g/mol. The average Bonchev–Trinajstić information content (AvgIpc) is 3.08. The molecule has 0 aliphatic rings. The number of nitrogens with zero attached hydrogens (tertiary/aromatic N) is 3. The molecule has 3 nitrogen and oxygen atoms in total. The normalized spacial score (nSPS) is 10.3. The molecule has 112 valence electrons. The molecular weight excluding hydrogens is 286 g/mol. The maximum absolute atomic E-state index is 4.31. The molecule has 0 bridgehead atoms. The third-order valence-electron chi connectivity index (χ3n) is 2.69. The predicted molar refractivity (Wildman–Crippen MR) is 91.4 cm³/mol. The van der Waals surface area contributed by atoms with Crippen molar-refractivity contribution in [2.45, 2.75) is 46.5 Å². The molecule has 2 rings (SSSR count). The third-order valence-corrected chi connectivity index (χ3v) is 5.44. The standard InChI is InChI=1S/C8H13NS.C7H12N2S/c1-4-7-5-9-8(10-7)6(2)3;1-4-6-5-8-7(10-6)9(2)3/h5-6H,4H2,1-3H3;5H,4H2,1-3H3. The highest BCUT2D eigenvalue weighted by atomic mass is 32.1. The quantitative estimate of drug-likeness (QED) is 0.826. The van der Waals surface area contributed by atoms with Gasteiger partial charge in [-0.15, -0.1) is 22.7 Å². The van der Waals surface area contributed by atoms with E-state index in [1.54, 1.807) is 11.3 Å². The Hall–Kier alpha value is -0.940. The van der Waals surface area contributed by atoms with Crippen molar-refractivity contribution in [2.24, 2.45) is 0 Å². The molecule has 0 aliphatic carbocycles. The summed E-state index contributed by atoms with van der Waals surface area (Å²) >= 11 is 3.59. The van der Waals surface area contributed by atoms with Crippen LogP contribution in [0.4, 0.5) is 5.13 Å². The number of anilines is 1. The van der Waals surface area contributed by atoms with Gasteiger partial charge in [0.05, 0.1) is 5.01 Å². The van der Waals surface area contributed by atoms with E-state index in [1.807, 2.05) is 42.7 Å². The van der Waals surface area contributed by atoms with Crippen molar-refractivity contribution in [1.82, 2.24) is 9.97 Å². The van der Waals surface area contributed by atoms with E-state index in [-0.39, 0.29) is 0 Å². The first-order valence-corrected chi connectivity index (χ1v) is 8.67. The van der Waals surface area contributed by atoms with Crippen LogP contribution in [0.1, 0.15) is 48.4 Å². The highest BCUT2D eigenvalue weighted by molar-refractivity contribution is 7.15. The molecule has 0 saturated carbocycles. The van der Waals surface area contributed by atoms with Gasteiger partial charge in [0.2, 0.25) is 0 Å². The number of hydrogen-bond acceptors (Lipinski definition) is 5. The van der Waals surface area contributed by atoms with Crippen LogP contribution in [-0.4, -0.2) is 24.1 Å². The third kappa shape index (κ3) is 5.21. The number of rotatable bonds is 4. The van der Waals surface area contributed by atoms with Crippen molar-refractivity contribution in [3.8, 4) is 0 Å². The molecule has 0 radical (unpaired) electrons. The fourth-order valence-corrected chi connectivity index (χ4v) is 3.05. The SMILES string of the molecule is CCc1cnc(C(C)C)s1.CCc1cnc(N(C)C)s1. The van der Waals surface area contributed by atoms with Crippen molar-refractivity contribution in [3.63, 3.8) is 0 Å². The summed E-state index contributed by atoms with van der Waals surface area (Å²) in [5.41, 5.74) is 0. The second-order valence-electron chi connectivity index (χ2n) is 5.03. The van der Waals surface area contributed by atoms with E-state index in [2.05, 4.69) is 37.7 Å². The van der Waals surface area contributed by atoms with Crippen molar-refractivity contribution < 1.29 is 0 Å². The van der Waals surface area contributed by atoms with Gasteiger partial charge >= 0.3 is 0 Å². The first-order valence-electron chi connectivity index (χ1n) is 7.04. The zero-order chi connectivity index (χ0) is 15.1. The van der Waals surface area contributed by atoms with Crippen molar-refractivity contribution in [1.29, 1.82) is 0 Å². The van der Waals surface area contributed by atoms with E-state index in [0.29, 0.717) is 5.92 Å². The zero-order valence-electron chi connectivity index (χ0n) is 13.3. The first kappa shape index (κ1) is 17.1. The van der Waals surface area contributed by atoms with E-state index in [4.69, 9.17) is 0 Å². The maximum Gasteiger partial charge on any atom is 0.184 e. The Bertz CT molecular complexity index is 454. The minimum absolute atomic E-state index is 0.588. The number of aryl methyl sites for hydroxylation is 2. The summed E-state index contributed by atoms with van der Waals surface area (Å²) in [5, 5.41) is 2.36. The van der Waals surface area contributed by atoms with Gasteiger partial charge in [-0.25, -0.2) is 9.97 Å². The smallest absolute Gasteiger partial charge is 0.184 e. The highest BCUT2D eigenvalue weighted by Crippen LogP contribution is 2.21. The van der Waals surface area contributed by atoms with E-state index in [0.717, 1.165) is 18.0 Å². The largest absolute Gasteiger partial charge is 0.354 e. The minimum atomic E-state index is 0.588. The summed E-state index contributed by atoms with van der Waals surface area (Å²) in [5.74, 6) is 0.588. The molecule has 0 aromatic carbocycles. The van der Waals surface area contributed by atoms with Crippen LogP contribution < -0.4 is 4.90 Å². The fraction of sp³-hybridized carbons (Fsp3) is 0.600. The average molecular weight is 312 g/mol. The van der Waals surface area contributed by atoms with Gasteiger partial charge in [0, 0.05) is 42.2 Å². The molecule has 0 fully saturated rings. The van der Waals surface area contributed by atoms with Gasteiger partial charge in [0.15, 0.2) is 5.13 Å². The van der Waals surface area contributed by atoms with E-state index < -0.39 is 0 Å². The number of thiazole rings is 2. The lowest BCUT2D eigenvalue weighted by atomic mass is 10.2. The molecule has 2 aromatic heterocycles. The number of aromatic nitrogens is 2. The van der Waals surface area contributed by atoms with Gasteiger partial charge in [-0.1, -0.05) is 27.7 Å². The molecule has 20 heavy (non-hydrogen) atoms. The molecule has 0 unspecified atom stereocenters. The lowest BCUT2D eigenvalue weighted by molar-refractivity contribution is 0.852. The van der Waals surface area contributed by atoms with Gasteiger partial charge < -0.3 is 4.90 Å². The van der Waals surface area contributed by atoms with Crippen molar-refractivity contribution in [3.05, 3.63) is 27.2 Å². The zero-order valence-corrected chi connectivity index (χ0v) is 14.9. The van der Waals surface area contributed by atoms with E-state index >= 15 is 0 Å². The molecule has 0 aliphatic heterocycles. The fourth-order valence-electron chi connectivity index (χ4n) is 1.42. The maximum atomic E-state index is 4.31. The minimum Gasteiger partial charge on any atom is -0.354 e. The van der Waals surface area contributed by atoms with Crippen molar-refractivity contribution in [2.75, 3.05) is 19.0 Å². The summed E-state index contributed by atoms with van der Waals surface area (Å²) in [6, 6.07) is 0. The summed E-state index contributed by atoms with van der Waals surface area (Å²) in [6.07, 6.45) is 6.13. The molecule has 0 atom stereocenters. The summed E-state index contributed by atoms with van der Waals surface area (Å²) in [7, 11) is 4.02. The van der Waals surface area contributed by atoms with Crippen LogP contribution in [0, 0.1) is 0 Å². The van der Waals surface area contributed by atoms with Gasteiger partial charge in [0.1, 0.15) is 0 Å². The number of hydrogen-bond donors (Lipinski definition) is 0. The van der Waals surface area contributed by atoms with Crippen LogP contribution in [0.2, 0.25) is 0 Å². The topological polar surface area (TPSA) is 29.0 Å². The molecular formula is C15H25N3S2. The predicted octanol–water partition coefficient (Wildman–Crippen LogP) is 4.60. The Balaban J connectivity index is 0.000000200. The van der Waals surface area contributed by atoms with Crippen LogP contribution in [0.25, 0.3) is 0 Å². The Morgan fingerprint density at radius 2 is 1.55 bits per heavy atom. The first-order chi connectivity index (χ1) is 9.47. The van der Waals surface area contributed by atoms with Gasteiger partial charge in [-0.05, 0) is 12.8 Å². The van der Waals surface area contributed by atoms with Gasteiger partial charge in [-0.3, -0.25) is 0 Å². The molecule has 0 spiro atoms.